The van der Waals surface area contributed by atoms with Crippen molar-refractivity contribution in [1.82, 2.24) is 4.98 Å². The average molecular weight is 286 g/mol. The lowest BCUT2D eigenvalue weighted by molar-refractivity contribution is 0.0714. The number of anilines is 1. The van der Waals surface area contributed by atoms with Crippen LogP contribution in [0.4, 0.5) is 5.69 Å². The van der Waals surface area contributed by atoms with Crippen molar-refractivity contribution in [2.75, 3.05) is 11.9 Å². The van der Waals surface area contributed by atoms with E-state index >= 15 is 0 Å². The minimum atomic E-state index is -0.966. The molecule has 2 N–H and O–H groups in total. The largest absolute Gasteiger partial charge is 0.473 e. The van der Waals surface area contributed by atoms with Crippen LogP contribution >= 0.6 is 0 Å². The van der Waals surface area contributed by atoms with Crippen LogP contribution in [0.5, 0.6) is 5.88 Å². The van der Waals surface area contributed by atoms with Gasteiger partial charge in [0.2, 0.25) is 5.88 Å². The number of aromatic nitrogens is 1. The van der Waals surface area contributed by atoms with E-state index < -0.39 is 5.60 Å². The molecule has 2 aromatic rings. The van der Waals surface area contributed by atoms with Crippen molar-refractivity contribution >= 4 is 5.69 Å². The molecule has 1 atom stereocenters. The summed E-state index contributed by atoms with van der Waals surface area (Å²) in [7, 11) is 0. The van der Waals surface area contributed by atoms with E-state index in [1.54, 1.807) is 13.1 Å². The van der Waals surface area contributed by atoms with Crippen LogP contribution < -0.4 is 10.1 Å². The first-order chi connectivity index (χ1) is 9.99. The van der Waals surface area contributed by atoms with E-state index in [0.29, 0.717) is 12.4 Å². The van der Waals surface area contributed by atoms with E-state index in [1.807, 2.05) is 56.3 Å². The topological polar surface area (TPSA) is 54.4 Å². The number of pyridine rings is 1. The molecule has 2 rings (SSSR count). The molecule has 112 valence electrons. The van der Waals surface area contributed by atoms with Gasteiger partial charge in [-0.1, -0.05) is 30.3 Å². The second-order valence-electron chi connectivity index (χ2n) is 5.52. The predicted molar refractivity (Wildman–Crippen MR) is 84.5 cm³/mol. The molecule has 0 saturated carbocycles. The fraction of sp³-hybridized carbons (Fsp3) is 0.353. The number of hydrogen-bond donors (Lipinski definition) is 2. The van der Waals surface area contributed by atoms with Crippen molar-refractivity contribution in [3.05, 3.63) is 54.2 Å². The molecule has 4 nitrogen and oxygen atoms in total. The van der Waals surface area contributed by atoms with Gasteiger partial charge in [0.15, 0.2) is 0 Å². The van der Waals surface area contributed by atoms with Crippen LogP contribution in [0.1, 0.15) is 26.3 Å². The van der Waals surface area contributed by atoms with Gasteiger partial charge in [-0.05, 0) is 38.5 Å². The number of ether oxygens (including phenoxy) is 1. The summed E-state index contributed by atoms with van der Waals surface area (Å²) in [6.07, 6.45) is 1.74. The maximum atomic E-state index is 10.6. The minimum absolute atomic E-state index is 0.0510. The van der Waals surface area contributed by atoms with Gasteiger partial charge in [-0.3, -0.25) is 0 Å². The van der Waals surface area contributed by atoms with Gasteiger partial charge in [0.25, 0.3) is 0 Å². The smallest absolute Gasteiger partial charge is 0.237 e. The van der Waals surface area contributed by atoms with E-state index in [0.717, 1.165) is 11.3 Å². The number of nitrogens with zero attached hydrogens (tertiary/aromatic N) is 1. The third-order valence-electron chi connectivity index (χ3n) is 3.14. The summed E-state index contributed by atoms with van der Waals surface area (Å²) in [6.45, 7) is 6.07. The maximum Gasteiger partial charge on any atom is 0.237 e. The summed E-state index contributed by atoms with van der Waals surface area (Å²) in [5, 5.41) is 13.8. The molecule has 0 amide bonds. The monoisotopic (exact) mass is 286 g/mol. The van der Waals surface area contributed by atoms with Crippen LogP contribution in [0.15, 0.2) is 48.7 Å². The molecule has 0 saturated heterocycles. The minimum Gasteiger partial charge on any atom is -0.473 e. The van der Waals surface area contributed by atoms with Gasteiger partial charge in [0.05, 0.1) is 11.8 Å². The molecule has 0 fully saturated rings. The van der Waals surface area contributed by atoms with Crippen LogP contribution in [-0.2, 0) is 5.60 Å². The molecule has 0 radical (unpaired) electrons. The Morgan fingerprint density at radius 1 is 1.19 bits per heavy atom. The van der Waals surface area contributed by atoms with E-state index in [9.17, 15) is 5.11 Å². The van der Waals surface area contributed by atoms with Crippen molar-refractivity contribution in [3.63, 3.8) is 0 Å². The number of rotatable bonds is 6. The normalized spacial score (nSPS) is 13.8. The SMILES string of the molecule is CC(C)Oc1ncccc1NCC(C)(O)c1ccccc1. The highest BCUT2D eigenvalue weighted by molar-refractivity contribution is 5.52. The van der Waals surface area contributed by atoms with E-state index in [-0.39, 0.29) is 6.10 Å². The lowest BCUT2D eigenvalue weighted by Crippen LogP contribution is -2.30. The van der Waals surface area contributed by atoms with Gasteiger partial charge in [-0.25, -0.2) is 4.98 Å². The van der Waals surface area contributed by atoms with Crippen LogP contribution in [0.3, 0.4) is 0 Å². The van der Waals surface area contributed by atoms with Crippen molar-refractivity contribution < 1.29 is 9.84 Å². The molecule has 0 spiro atoms. The Bertz CT molecular complexity index is 568. The summed E-state index contributed by atoms with van der Waals surface area (Å²) in [5.74, 6) is 0.552. The average Bonchev–Trinajstić information content (AvgIpc) is 2.47. The fourth-order valence-electron chi connectivity index (χ4n) is 2.01. The number of nitrogens with one attached hydrogen (secondary N) is 1. The highest BCUT2D eigenvalue weighted by atomic mass is 16.5. The highest BCUT2D eigenvalue weighted by Crippen LogP contribution is 2.25. The first-order valence-electron chi connectivity index (χ1n) is 7.12. The third kappa shape index (κ3) is 4.20. The zero-order valence-electron chi connectivity index (χ0n) is 12.7. The van der Waals surface area contributed by atoms with E-state index in [4.69, 9.17) is 4.74 Å². The molecule has 0 aliphatic carbocycles. The number of aliphatic hydroxyl groups is 1. The Kier molecular flexibility index (Phi) is 4.81. The van der Waals surface area contributed by atoms with Crippen molar-refractivity contribution in [2.45, 2.75) is 32.5 Å². The Labute approximate surface area is 125 Å². The van der Waals surface area contributed by atoms with Crippen molar-refractivity contribution in [3.8, 4) is 5.88 Å². The number of benzene rings is 1. The summed E-state index contributed by atoms with van der Waals surface area (Å²) in [4.78, 5) is 4.23. The van der Waals surface area contributed by atoms with E-state index in [1.165, 1.54) is 0 Å². The molecule has 21 heavy (non-hydrogen) atoms. The third-order valence-corrected chi connectivity index (χ3v) is 3.14. The molecule has 1 aromatic carbocycles. The number of hydrogen-bond acceptors (Lipinski definition) is 4. The van der Waals surface area contributed by atoms with Crippen LogP contribution in [0.2, 0.25) is 0 Å². The summed E-state index contributed by atoms with van der Waals surface area (Å²) < 4.78 is 5.66. The molecule has 0 aliphatic heterocycles. The summed E-state index contributed by atoms with van der Waals surface area (Å²) in [6, 6.07) is 13.3. The molecular weight excluding hydrogens is 264 g/mol. The molecule has 4 heteroatoms. The van der Waals surface area contributed by atoms with Crippen LogP contribution in [0.25, 0.3) is 0 Å². The molecule has 1 aromatic heterocycles. The Morgan fingerprint density at radius 3 is 2.57 bits per heavy atom. The summed E-state index contributed by atoms with van der Waals surface area (Å²) in [5.41, 5.74) is 0.682. The second kappa shape index (κ2) is 6.59. The van der Waals surface area contributed by atoms with Gasteiger partial charge in [-0.15, -0.1) is 0 Å². The maximum absolute atomic E-state index is 10.6. The fourth-order valence-corrected chi connectivity index (χ4v) is 2.01. The lowest BCUT2D eigenvalue weighted by atomic mass is 9.96. The quantitative estimate of drug-likeness (QED) is 0.856. The van der Waals surface area contributed by atoms with Gasteiger partial charge in [-0.2, -0.15) is 0 Å². The van der Waals surface area contributed by atoms with Crippen LogP contribution in [-0.4, -0.2) is 22.7 Å². The van der Waals surface area contributed by atoms with Gasteiger partial charge in [0.1, 0.15) is 5.60 Å². The Hall–Kier alpha value is -2.07. The lowest BCUT2D eigenvalue weighted by Gasteiger charge is -2.25. The van der Waals surface area contributed by atoms with Crippen molar-refractivity contribution in [1.29, 1.82) is 0 Å². The van der Waals surface area contributed by atoms with Gasteiger partial charge < -0.3 is 15.2 Å². The van der Waals surface area contributed by atoms with Gasteiger partial charge >= 0.3 is 0 Å². The molecular formula is C17H22N2O2. The standard InChI is InChI=1S/C17H22N2O2/c1-13(2)21-16-15(10-7-11-18-16)19-12-17(3,20)14-8-5-4-6-9-14/h4-11,13,19-20H,12H2,1-3H3. The Morgan fingerprint density at radius 2 is 1.90 bits per heavy atom. The Balaban J connectivity index is 2.09. The molecule has 0 bridgehead atoms. The first-order valence-corrected chi connectivity index (χ1v) is 7.12. The predicted octanol–water partition coefficient (Wildman–Crippen LogP) is 3.19. The first kappa shape index (κ1) is 15.3. The zero-order valence-corrected chi connectivity index (χ0v) is 12.7. The second-order valence-corrected chi connectivity index (χ2v) is 5.52. The van der Waals surface area contributed by atoms with Crippen LogP contribution in [0, 0.1) is 0 Å². The molecule has 1 heterocycles. The molecule has 0 aliphatic rings. The molecule has 1 unspecified atom stereocenters. The van der Waals surface area contributed by atoms with Gasteiger partial charge in [0, 0.05) is 12.7 Å². The zero-order chi connectivity index (χ0) is 15.3. The summed E-state index contributed by atoms with van der Waals surface area (Å²) >= 11 is 0. The van der Waals surface area contributed by atoms with Crippen molar-refractivity contribution in [2.24, 2.45) is 0 Å². The highest BCUT2D eigenvalue weighted by Gasteiger charge is 2.23. The van der Waals surface area contributed by atoms with E-state index in [2.05, 4.69) is 10.3 Å².